The third kappa shape index (κ3) is 8.62. The van der Waals surface area contributed by atoms with Gasteiger partial charge in [-0.05, 0) is 87.9 Å². The summed E-state index contributed by atoms with van der Waals surface area (Å²) in [5.74, 6) is 1.97. The molecular weight excluding hydrogens is 581 g/mol. The first-order valence-corrected chi connectivity index (χ1v) is 18.3. The zero-order valence-corrected chi connectivity index (χ0v) is 28.3. The van der Waals surface area contributed by atoms with Crippen LogP contribution in [0.15, 0.2) is 12.4 Å². The number of aryl methyl sites for hydroxylation is 1. The molecule has 8 unspecified atom stereocenters. The van der Waals surface area contributed by atoms with E-state index in [9.17, 15) is 4.79 Å². The largest absolute Gasteiger partial charge is 0.375 e. The third-order valence-corrected chi connectivity index (χ3v) is 12.9. The molecule has 244 valence electrons. The molecule has 2 N–H and O–H groups in total. The van der Waals surface area contributed by atoms with Crippen molar-refractivity contribution in [2.24, 2.45) is 36.6 Å². The fourth-order valence-corrected chi connectivity index (χ4v) is 9.79. The number of piperidine rings is 1. The molecular formula is C34H58Cl2N5O2+. The molecule has 2 aliphatic carbocycles. The molecule has 2 saturated carbocycles. The van der Waals surface area contributed by atoms with Crippen molar-refractivity contribution in [1.29, 1.82) is 5.41 Å². The zero-order chi connectivity index (χ0) is 30.4. The van der Waals surface area contributed by atoms with Crippen LogP contribution < -0.4 is 10.9 Å². The molecule has 7 nitrogen and oxygen atoms in total. The van der Waals surface area contributed by atoms with Gasteiger partial charge < -0.3 is 23.7 Å². The van der Waals surface area contributed by atoms with Crippen LogP contribution in [0.2, 0.25) is 0 Å². The second-order valence-corrected chi connectivity index (χ2v) is 15.9. The van der Waals surface area contributed by atoms with Crippen molar-refractivity contribution in [3.05, 3.63) is 18.0 Å². The summed E-state index contributed by atoms with van der Waals surface area (Å²) in [6, 6.07) is 0. The number of imidazole rings is 1. The van der Waals surface area contributed by atoms with Crippen molar-refractivity contribution in [3.8, 4) is 0 Å². The monoisotopic (exact) mass is 638 g/mol. The number of methoxy groups -OCH3 is 1. The third-order valence-electron chi connectivity index (χ3n) is 11.8. The molecule has 4 fully saturated rings. The number of rotatable bonds is 7. The molecule has 1 aromatic heterocycles. The number of nitrogens with one attached hydrogen (secondary N) is 2. The van der Waals surface area contributed by atoms with Crippen LogP contribution in [-0.4, -0.2) is 76.2 Å². The summed E-state index contributed by atoms with van der Waals surface area (Å²) >= 11 is 12.8. The average molecular weight is 640 g/mol. The van der Waals surface area contributed by atoms with E-state index in [1.807, 2.05) is 31.1 Å². The molecule has 43 heavy (non-hydrogen) atoms. The molecule has 0 aromatic carbocycles. The second-order valence-electron chi connectivity index (χ2n) is 14.8. The zero-order valence-electron chi connectivity index (χ0n) is 26.8. The van der Waals surface area contributed by atoms with Crippen LogP contribution in [0.3, 0.4) is 0 Å². The molecule has 4 aliphatic rings. The second kappa shape index (κ2) is 15.5. The van der Waals surface area contributed by atoms with Gasteiger partial charge in [0.05, 0.1) is 25.0 Å². The SMILES string of the molecule is COC1C[N+]2(CCCCCCCCC2)CCC1C1CC(Cn2ccn(C)c2=N)CC(C(=O)NCC2CCC(Cl)C(Cl)C2)C1. The molecule has 0 radical (unpaired) electrons. The highest BCUT2D eigenvalue weighted by Gasteiger charge is 2.46. The molecule has 0 bridgehead atoms. The fourth-order valence-electron chi connectivity index (χ4n) is 9.18. The lowest BCUT2D eigenvalue weighted by molar-refractivity contribution is -0.937. The Morgan fingerprint density at radius 2 is 1.65 bits per heavy atom. The molecule has 2 saturated heterocycles. The first kappa shape index (κ1) is 33.3. The van der Waals surface area contributed by atoms with Crippen LogP contribution in [0.1, 0.15) is 89.9 Å². The number of alkyl halides is 2. The maximum absolute atomic E-state index is 13.8. The molecule has 1 amide bonds. The van der Waals surface area contributed by atoms with Gasteiger partial charge in [0.15, 0.2) is 0 Å². The summed E-state index contributed by atoms with van der Waals surface area (Å²) in [6.07, 6.45) is 20.8. The number of aromatic nitrogens is 2. The molecule has 3 heterocycles. The van der Waals surface area contributed by atoms with Crippen LogP contribution in [0.5, 0.6) is 0 Å². The van der Waals surface area contributed by atoms with Crippen molar-refractivity contribution in [1.82, 2.24) is 14.5 Å². The Morgan fingerprint density at radius 3 is 2.30 bits per heavy atom. The lowest BCUT2D eigenvalue weighted by Gasteiger charge is -2.50. The Balaban J connectivity index is 1.27. The first-order valence-electron chi connectivity index (χ1n) is 17.5. The summed E-state index contributed by atoms with van der Waals surface area (Å²) < 4.78 is 11.5. The first-order chi connectivity index (χ1) is 20.8. The topological polar surface area (TPSA) is 72.0 Å². The van der Waals surface area contributed by atoms with Crippen molar-refractivity contribution < 1.29 is 14.0 Å². The van der Waals surface area contributed by atoms with Gasteiger partial charge in [-0.15, -0.1) is 23.2 Å². The lowest BCUT2D eigenvalue weighted by Crippen LogP contribution is -2.61. The standard InChI is InChI=1S/C34H57Cl2N5O2/c1-39-13-14-40(34(39)37)23-26-18-27(21-28(19-26)33(42)38-22-25-10-11-30(35)31(36)20-25)29-12-17-41(24-32(29)43-2)15-8-6-4-3-5-7-9-16-41/h13-14,25-32,37H,3-12,15-24H2,1-2H3/p+1. The molecule has 1 aromatic rings. The van der Waals surface area contributed by atoms with Crippen LogP contribution in [0.4, 0.5) is 0 Å². The maximum atomic E-state index is 13.8. The lowest BCUT2D eigenvalue weighted by atomic mass is 9.67. The Labute approximate surface area is 270 Å². The highest BCUT2D eigenvalue weighted by Crippen LogP contribution is 2.44. The van der Waals surface area contributed by atoms with Crippen LogP contribution in [0.25, 0.3) is 0 Å². The van der Waals surface area contributed by atoms with Gasteiger partial charge in [-0.2, -0.15) is 0 Å². The number of hydrogen-bond acceptors (Lipinski definition) is 3. The van der Waals surface area contributed by atoms with Crippen LogP contribution >= 0.6 is 23.2 Å². The number of halogens is 2. The van der Waals surface area contributed by atoms with Crippen molar-refractivity contribution in [2.75, 3.05) is 39.8 Å². The van der Waals surface area contributed by atoms with Crippen molar-refractivity contribution in [3.63, 3.8) is 0 Å². The van der Waals surface area contributed by atoms with Gasteiger partial charge in [-0.25, -0.2) is 0 Å². The van der Waals surface area contributed by atoms with Gasteiger partial charge >= 0.3 is 0 Å². The van der Waals surface area contributed by atoms with Crippen LogP contribution in [-0.2, 0) is 23.1 Å². The summed E-state index contributed by atoms with van der Waals surface area (Å²) in [4.78, 5) is 13.8. The molecule has 1 spiro atoms. The van der Waals surface area contributed by atoms with Crippen molar-refractivity contribution in [2.45, 2.75) is 113 Å². The molecule has 8 atom stereocenters. The highest BCUT2D eigenvalue weighted by atomic mass is 35.5. The molecule has 2 aliphatic heterocycles. The predicted octanol–water partition coefficient (Wildman–Crippen LogP) is 6.07. The number of nitrogens with zero attached hydrogens (tertiary/aromatic N) is 3. The minimum absolute atomic E-state index is 0.00615. The average Bonchev–Trinajstić information content (AvgIpc) is 3.32. The molecule has 5 rings (SSSR count). The Bertz CT molecular complexity index is 1080. The van der Waals surface area contributed by atoms with Gasteiger partial charge in [0.2, 0.25) is 11.5 Å². The number of quaternary nitrogens is 1. The van der Waals surface area contributed by atoms with Gasteiger partial charge in [0.1, 0.15) is 12.6 Å². The number of amides is 1. The Kier molecular flexibility index (Phi) is 12.0. The number of hydrogen-bond donors (Lipinski definition) is 2. The van der Waals surface area contributed by atoms with E-state index in [4.69, 9.17) is 33.3 Å². The quantitative estimate of drug-likeness (QED) is 0.281. The fraction of sp³-hybridized carbons (Fsp3) is 0.882. The van der Waals surface area contributed by atoms with E-state index in [0.29, 0.717) is 35.8 Å². The van der Waals surface area contributed by atoms with Gasteiger partial charge in [0.25, 0.3) is 0 Å². The van der Waals surface area contributed by atoms with E-state index < -0.39 is 0 Å². The van der Waals surface area contributed by atoms with E-state index in [0.717, 1.165) is 51.6 Å². The van der Waals surface area contributed by atoms with E-state index in [-0.39, 0.29) is 28.7 Å². The predicted molar refractivity (Wildman–Crippen MR) is 174 cm³/mol. The summed E-state index contributed by atoms with van der Waals surface area (Å²) in [5, 5.41) is 11.9. The van der Waals surface area contributed by atoms with E-state index in [2.05, 4.69) is 9.88 Å². The minimum atomic E-state index is -0.00615. The van der Waals surface area contributed by atoms with Gasteiger partial charge in [-0.3, -0.25) is 10.2 Å². The van der Waals surface area contributed by atoms with Gasteiger partial charge in [-0.1, -0.05) is 19.3 Å². The van der Waals surface area contributed by atoms with E-state index >= 15 is 0 Å². The van der Waals surface area contributed by atoms with E-state index in [1.54, 1.807) is 0 Å². The summed E-state index contributed by atoms with van der Waals surface area (Å²) in [7, 11) is 3.86. The number of ether oxygens (including phenoxy) is 1. The highest BCUT2D eigenvalue weighted by molar-refractivity contribution is 6.30. The normalized spacial score (nSPS) is 35.8. The van der Waals surface area contributed by atoms with E-state index in [1.165, 1.54) is 75.5 Å². The Hall–Kier alpha value is -1.02. The van der Waals surface area contributed by atoms with Crippen LogP contribution in [0, 0.1) is 35.0 Å². The maximum Gasteiger partial charge on any atom is 0.223 e. The minimum Gasteiger partial charge on any atom is -0.375 e. The Morgan fingerprint density at radius 1 is 0.930 bits per heavy atom. The van der Waals surface area contributed by atoms with Gasteiger partial charge in [0, 0.05) is 57.4 Å². The molecule has 9 heteroatoms. The smallest absolute Gasteiger partial charge is 0.223 e. The number of carbonyl (C=O) groups is 1. The number of carbonyl (C=O) groups excluding carboxylic acids is 1. The summed E-state index contributed by atoms with van der Waals surface area (Å²) in [6.45, 7) is 6.50. The van der Waals surface area contributed by atoms with Crippen molar-refractivity contribution >= 4 is 29.1 Å². The summed E-state index contributed by atoms with van der Waals surface area (Å²) in [5.41, 5.74) is 0.524.